The molecule has 0 aliphatic heterocycles. The van der Waals surface area contributed by atoms with Gasteiger partial charge < -0.3 is 15.8 Å². The van der Waals surface area contributed by atoms with Crippen LogP contribution in [-0.2, 0) is 0 Å². The van der Waals surface area contributed by atoms with Gasteiger partial charge in [-0.2, -0.15) is 0 Å². The van der Waals surface area contributed by atoms with Gasteiger partial charge in [-0.1, -0.05) is 0 Å². The van der Waals surface area contributed by atoms with Gasteiger partial charge in [-0.25, -0.2) is 0 Å². The predicted molar refractivity (Wildman–Crippen MR) is 56.2 cm³/mol. The summed E-state index contributed by atoms with van der Waals surface area (Å²) in [7, 11) is 1.86. The molecule has 0 atom stereocenters. The molecule has 3 nitrogen and oxygen atoms in total. The van der Waals surface area contributed by atoms with Crippen molar-refractivity contribution in [2.24, 2.45) is 0 Å². The summed E-state index contributed by atoms with van der Waals surface area (Å²) < 4.78 is 5.52. The lowest BCUT2D eigenvalue weighted by Crippen LogP contribution is -2.06. The lowest BCUT2D eigenvalue weighted by atomic mass is 10.2. The summed E-state index contributed by atoms with van der Waals surface area (Å²) in [4.78, 5) is 0. The molecule has 1 aromatic carbocycles. The van der Waals surface area contributed by atoms with Crippen LogP contribution in [0.25, 0.3) is 0 Å². The Morgan fingerprint density at radius 3 is 2.54 bits per heavy atom. The van der Waals surface area contributed by atoms with Crippen LogP contribution in [0.2, 0.25) is 0 Å². The van der Waals surface area contributed by atoms with Crippen molar-refractivity contribution in [3.63, 3.8) is 0 Å². The van der Waals surface area contributed by atoms with Crippen molar-refractivity contribution in [2.75, 3.05) is 18.1 Å². The number of hydrogen-bond acceptors (Lipinski definition) is 3. The van der Waals surface area contributed by atoms with Crippen molar-refractivity contribution < 1.29 is 4.74 Å². The minimum Gasteiger partial charge on any atom is -0.491 e. The van der Waals surface area contributed by atoms with Gasteiger partial charge in [0.25, 0.3) is 0 Å². The van der Waals surface area contributed by atoms with Gasteiger partial charge in [0.1, 0.15) is 5.75 Å². The Kier molecular flexibility index (Phi) is 3.01. The van der Waals surface area contributed by atoms with Crippen molar-refractivity contribution in [3.8, 4) is 5.75 Å². The number of nitrogens with two attached hydrogens (primary N) is 1. The molecular formula is C10H16N2O. The van der Waals surface area contributed by atoms with Crippen LogP contribution in [0.15, 0.2) is 18.2 Å². The number of benzene rings is 1. The van der Waals surface area contributed by atoms with Crippen LogP contribution in [0, 0.1) is 0 Å². The average Bonchev–Trinajstić information content (AvgIpc) is 2.01. The highest BCUT2D eigenvalue weighted by molar-refractivity contribution is 5.58. The highest BCUT2D eigenvalue weighted by Crippen LogP contribution is 2.22. The molecule has 0 unspecified atom stereocenters. The summed E-state index contributed by atoms with van der Waals surface area (Å²) in [5, 5.41) is 3.02. The van der Waals surface area contributed by atoms with Crippen molar-refractivity contribution in [3.05, 3.63) is 18.2 Å². The molecule has 0 aliphatic carbocycles. The monoisotopic (exact) mass is 180 g/mol. The fraction of sp³-hybridized carbons (Fsp3) is 0.400. The molecule has 72 valence electrons. The van der Waals surface area contributed by atoms with Crippen LogP contribution in [-0.4, -0.2) is 13.2 Å². The van der Waals surface area contributed by atoms with Gasteiger partial charge >= 0.3 is 0 Å². The van der Waals surface area contributed by atoms with Crippen molar-refractivity contribution in [2.45, 2.75) is 20.0 Å². The van der Waals surface area contributed by atoms with E-state index in [9.17, 15) is 0 Å². The molecular weight excluding hydrogens is 164 g/mol. The Balaban J connectivity index is 2.88. The normalized spacial score (nSPS) is 10.2. The van der Waals surface area contributed by atoms with E-state index in [-0.39, 0.29) is 6.10 Å². The molecule has 0 fully saturated rings. The molecule has 1 aromatic rings. The number of nitrogens with one attached hydrogen (secondary N) is 1. The molecule has 1 rings (SSSR count). The predicted octanol–water partition coefficient (Wildman–Crippen LogP) is 2.10. The van der Waals surface area contributed by atoms with Gasteiger partial charge in [-0.3, -0.25) is 0 Å². The van der Waals surface area contributed by atoms with E-state index in [1.165, 1.54) is 0 Å². The second-order valence-corrected chi connectivity index (χ2v) is 3.21. The molecule has 0 aromatic heterocycles. The van der Waals surface area contributed by atoms with Crippen LogP contribution in [0.1, 0.15) is 13.8 Å². The minimum absolute atomic E-state index is 0.173. The van der Waals surface area contributed by atoms with E-state index < -0.39 is 0 Å². The van der Waals surface area contributed by atoms with Crippen LogP contribution in [0.5, 0.6) is 5.75 Å². The second-order valence-electron chi connectivity index (χ2n) is 3.21. The SMILES string of the molecule is CNc1cc(N)cc(OC(C)C)c1. The number of anilines is 2. The van der Waals surface area contributed by atoms with E-state index in [0.29, 0.717) is 5.69 Å². The molecule has 0 amide bonds. The number of ether oxygens (including phenoxy) is 1. The second kappa shape index (κ2) is 4.03. The lowest BCUT2D eigenvalue weighted by molar-refractivity contribution is 0.242. The summed E-state index contributed by atoms with van der Waals surface area (Å²) in [5.41, 5.74) is 7.37. The fourth-order valence-corrected chi connectivity index (χ4v) is 1.11. The Bertz CT molecular complexity index is 284. The molecule has 0 radical (unpaired) electrons. The van der Waals surface area contributed by atoms with E-state index in [4.69, 9.17) is 10.5 Å². The highest BCUT2D eigenvalue weighted by atomic mass is 16.5. The van der Waals surface area contributed by atoms with Crippen molar-refractivity contribution >= 4 is 11.4 Å². The van der Waals surface area contributed by atoms with Crippen molar-refractivity contribution in [1.82, 2.24) is 0 Å². The molecule has 0 saturated carbocycles. The molecule has 0 bridgehead atoms. The summed E-state index contributed by atoms with van der Waals surface area (Å²) >= 11 is 0. The molecule has 3 heteroatoms. The van der Waals surface area contributed by atoms with Crippen LogP contribution in [0.4, 0.5) is 11.4 Å². The largest absolute Gasteiger partial charge is 0.491 e. The van der Waals surface area contributed by atoms with Gasteiger partial charge in [0.2, 0.25) is 0 Å². The zero-order valence-corrected chi connectivity index (χ0v) is 8.29. The molecule has 0 spiro atoms. The minimum atomic E-state index is 0.173. The maximum absolute atomic E-state index is 5.69. The summed E-state index contributed by atoms with van der Waals surface area (Å²) in [6.07, 6.45) is 0.173. The first-order valence-corrected chi connectivity index (χ1v) is 4.37. The maximum atomic E-state index is 5.69. The Hall–Kier alpha value is -1.38. The molecule has 13 heavy (non-hydrogen) atoms. The van der Waals surface area contributed by atoms with E-state index in [1.807, 2.05) is 39.1 Å². The molecule has 0 saturated heterocycles. The van der Waals surface area contributed by atoms with Crippen LogP contribution in [0.3, 0.4) is 0 Å². The summed E-state index contributed by atoms with van der Waals surface area (Å²) in [6, 6.07) is 5.62. The quantitative estimate of drug-likeness (QED) is 0.700. The van der Waals surface area contributed by atoms with E-state index in [0.717, 1.165) is 11.4 Å². The average molecular weight is 180 g/mol. The van der Waals surface area contributed by atoms with E-state index >= 15 is 0 Å². The number of nitrogen functional groups attached to an aromatic ring is 1. The first kappa shape index (κ1) is 9.71. The van der Waals surface area contributed by atoms with Gasteiger partial charge in [0.05, 0.1) is 6.10 Å². The third kappa shape index (κ3) is 2.86. The fourth-order valence-electron chi connectivity index (χ4n) is 1.11. The maximum Gasteiger partial charge on any atom is 0.123 e. The smallest absolute Gasteiger partial charge is 0.123 e. The molecule has 0 aliphatic rings. The number of hydrogen-bond donors (Lipinski definition) is 2. The number of rotatable bonds is 3. The first-order valence-electron chi connectivity index (χ1n) is 4.37. The third-order valence-electron chi connectivity index (χ3n) is 1.59. The van der Waals surface area contributed by atoms with Gasteiger partial charge in [0.15, 0.2) is 0 Å². The summed E-state index contributed by atoms with van der Waals surface area (Å²) in [5.74, 6) is 0.805. The Morgan fingerprint density at radius 1 is 1.31 bits per heavy atom. The Morgan fingerprint density at radius 2 is 2.00 bits per heavy atom. The zero-order valence-electron chi connectivity index (χ0n) is 8.29. The third-order valence-corrected chi connectivity index (χ3v) is 1.59. The lowest BCUT2D eigenvalue weighted by Gasteiger charge is -2.11. The van der Waals surface area contributed by atoms with Crippen molar-refractivity contribution in [1.29, 1.82) is 0 Å². The van der Waals surface area contributed by atoms with Gasteiger partial charge in [-0.15, -0.1) is 0 Å². The Labute approximate surface area is 78.9 Å². The van der Waals surface area contributed by atoms with E-state index in [2.05, 4.69) is 5.32 Å². The van der Waals surface area contributed by atoms with E-state index in [1.54, 1.807) is 0 Å². The van der Waals surface area contributed by atoms with Crippen LogP contribution < -0.4 is 15.8 Å². The topological polar surface area (TPSA) is 47.3 Å². The standard InChI is InChI=1S/C10H16N2O/c1-7(2)13-10-5-8(11)4-9(6-10)12-3/h4-7,12H,11H2,1-3H3. The highest BCUT2D eigenvalue weighted by Gasteiger charge is 2.00. The zero-order chi connectivity index (χ0) is 9.84. The molecule has 0 heterocycles. The van der Waals surface area contributed by atoms with Crippen LogP contribution >= 0.6 is 0 Å². The van der Waals surface area contributed by atoms with Gasteiger partial charge in [0, 0.05) is 30.6 Å². The molecule has 3 N–H and O–H groups in total. The van der Waals surface area contributed by atoms with Gasteiger partial charge in [-0.05, 0) is 19.9 Å². The summed E-state index contributed by atoms with van der Waals surface area (Å²) in [6.45, 7) is 3.98. The first-order chi connectivity index (χ1) is 6.11.